The monoisotopic (exact) mass is 306 g/mol. The minimum atomic E-state index is -0.616. The van der Waals surface area contributed by atoms with Gasteiger partial charge in [-0.25, -0.2) is 0 Å². The molecule has 6 nitrogen and oxygen atoms in total. The lowest BCUT2D eigenvalue weighted by Crippen LogP contribution is -2.12. The van der Waals surface area contributed by atoms with Crippen LogP contribution in [-0.2, 0) is 6.61 Å². The average molecular weight is 307 g/mol. The maximum absolute atomic E-state index is 12.0. The fourth-order valence-corrected chi connectivity index (χ4v) is 2.00. The van der Waals surface area contributed by atoms with Crippen molar-refractivity contribution in [2.24, 2.45) is 0 Å². The van der Waals surface area contributed by atoms with Crippen molar-refractivity contribution >= 4 is 28.9 Å². The Morgan fingerprint density at radius 1 is 1.29 bits per heavy atom. The molecule has 2 N–H and O–H groups in total. The Morgan fingerprint density at radius 3 is 2.67 bits per heavy atom. The van der Waals surface area contributed by atoms with Gasteiger partial charge in [0.25, 0.3) is 11.6 Å². The molecule has 0 saturated carbocycles. The Bertz CT molecular complexity index is 703. The zero-order valence-corrected chi connectivity index (χ0v) is 11.5. The molecule has 0 aliphatic carbocycles. The van der Waals surface area contributed by atoms with E-state index in [0.717, 1.165) is 0 Å². The summed E-state index contributed by atoms with van der Waals surface area (Å²) in [6, 6.07) is 10.5. The minimum Gasteiger partial charge on any atom is -0.392 e. The SMILES string of the molecule is O=C(Nc1cccc(CO)c1)c1ccc([N+](=O)[O-])c(Cl)c1. The number of nitro benzene ring substituents is 1. The molecule has 0 heterocycles. The van der Waals surface area contributed by atoms with Gasteiger partial charge in [-0.1, -0.05) is 23.7 Å². The number of nitrogens with zero attached hydrogens (tertiary/aromatic N) is 1. The lowest BCUT2D eigenvalue weighted by Gasteiger charge is -2.07. The third-order valence-corrected chi connectivity index (χ3v) is 3.08. The van der Waals surface area contributed by atoms with E-state index in [9.17, 15) is 14.9 Å². The van der Waals surface area contributed by atoms with E-state index in [0.29, 0.717) is 11.3 Å². The first-order valence-electron chi connectivity index (χ1n) is 5.96. The molecular weight excluding hydrogens is 296 g/mol. The topological polar surface area (TPSA) is 92.5 Å². The number of benzene rings is 2. The highest BCUT2D eigenvalue weighted by molar-refractivity contribution is 6.33. The van der Waals surface area contributed by atoms with E-state index < -0.39 is 10.8 Å². The second kappa shape index (κ2) is 6.34. The van der Waals surface area contributed by atoms with Gasteiger partial charge in [0.15, 0.2) is 0 Å². The Morgan fingerprint density at radius 2 is 2.05 bits per heavy atom. The average Bonchev–Trinajstić information content (AvgIpc) is 2.46. The summed E-state index contributed by atoms with van der Waals surface area (Å²) in [6.07, 6.45) is 0. The van der Waals surface area contributed by atoms with Crippen molar-refractivity contribution in [1.29, 1.82) is 0 Å². The molecule has 108 valence electrons. The molecule has 0 unspecified atom stereocenters. The summed E-state index contributed by atoms with van der Waals surface area (Å²) in [5, 5.41) is 22.2. The Balaban J connectivity index is 2.20. The van der Waals surface area contributed by atoms with E-state index >= 15 is 0 Å². The predicted molar refractivity (Wildman–Crippen MR) is 78.4 cm³/mol. The van der Waals surface area contributed by atoms with E-state index in [1.165, 1.54) is 18.2 Å². The van der Waals surface area contributed by atoms with Crippen molar-refractivity contribution in [3.63, 3.8) is 0 Å². The third kappa shape index (κ3) is 3.56. The smallest absolute Gasteiger partial charge is 0.287 e. The molecule has 1 amide bonds. The van der Waals surface area contributed by atoms with Crippen molar-refractivity contribution in [1.82, 2.24) is 0 Å². The first kappa shape index (κ1) is 15.0. The van der Waals surface area contributed by atoms with E-state index in [-0.39, 0.29) is 22.9 Å². The Kier molecular flexibility index (Phi) is 4.52. The van der Waals surface area contributed by atoms with Gasteiger partial charge in [0.1, 0.15) is 5.02 Å². The van der Waals surface area contributed by atoms with Gasteiger partial charge in [0, 0.05) is 17.3 Å². The molecule has 0 atom stereocenters. The molecule has 2 aromatic carbocycles. The van der Waals surface area contributed by atoms with Crippen LogP contribution in [0.5, 0.6) is 0 Å². The number of rotatable bonds is 4. The first-order chi connectivity index (χ1) is 10.0. The van der Waals surface area contributed by atoms with Crippen LogP contribution in [0.4, 0.5) is 11.4 Å². The molecule has 0 aliphatic rings. The molecule has 7 heteroatoms. The van der Waals surface area contributed by atoms with Crippen molar-refractivity contribution in [3.05, 3.63) is 68.7 Å². The zero-order valence-electron chi connectivity index (χ0n) is 10.7. The molecule has 21 heavy (non-hydrogen) atoms. The standard InChI is InChI=1S/C14H11ClN2O4/c15-12-7-10(4-5-13(12)17(20)21)14(19)16-11-3-1-2-9(6-11)8-18/h1-7,18H,8H2,(H,16,19). The molecule has 2 aromatic rings. The number of aliphatic hydroxyl groups is 1. The number of carbonyl (C=O) groups excluding carboxylic acids is 1. The highest BCUT2D eigenvalue weighted by atomic mass is 35.5. The second-order valence-corrected chi connectivity index (χ2v) is 4.64. The number of anilines is 1. The predicted octanol–water partition coefficient (Wildman–Crippen LogP) is 2.99. The minimum absolute atomic E-state index is 0.100. The van der Waals surface area contributed by atoms with Crippen LogP contribution >= 0.6 is 11.6 Å². The maximum atomic E-state index is 12.0. The molecular formula is C14H11ClN2O4. The lowest BCUT2D eigenvalue weighted by atomic mass is 10.1. The van der Waals surface area contributed by atoms with E-state index in [2.05, 4.69) is 5.32 Å². The molecule has 2 rings (SSSR count). The van der Waals surface area contributed by atoms with Crippen LogP contribution in [0.25, 0.3) is 0 Å². The third-order valence-electron chi connectivity index (χ3n) is 2.77. The van der Waals surface area contributed by atoms with Gasteiger partial charge in [0.05, 0.1) is 11.5 Å². The van der Waals surface area contributed by atoms with Crippen LogP contribution in [-0.4, -0.2) is 15.9 Å². The molecule has 0 aromatic heterocycles. The van der Waals surface area contributed by atoms with Gasteiger partial charge in [-0.3, -0.25) is 14.9 Å². The van der Waals surface area contributed by atoms with E-state index in [1.807, 2.05) is 0 Å². The fourth-order valence-electron chi connectivity index (χ4n) is 1.75. The van der Waals surface area contributed by atoms with Crippen LogP contribution in [0.15, 0.2) is 42.5 Å². The maximum Gasteiger partial charge on any atom is 0.287 e. The fraction of sp³-hybridized carbons (Fsp3) is 0.0714. The van der Waals surface area contributed by atoms with E-state index in [1.54, 1.807) is 24.3 Å². The summed E-state index contributed by atoms with van der Waals surface area (Å²) < 4.78 is 0. The molecule has 0 saturated heterocycles. The first-order valence-corrected chi connectivity index (χ1v) is 6.34. The molecule has 0 bridgehead atoms. The van der Waals surface area contributed by atoms with Gasteiger partial charge >= 0.3 is 0 Å². The Hall–Kier alpha value is -2.44. The number of aliphatic hydroxyl groups excluding tert-OH is 1. The lowest BCUT2D eigenvalue weighted by molar-refractivity contribution is -0.384. The summed E-state index contributed by atoms with van der Waals surface area (Å²) >= 11 is 5.76. The number of amides is 1. The van der Waals surface area contributed by atoms with E-state index in [4.69, 9.17) is 16.7 Å². The highest BCUT2D eigenvalue weighted by Gasteiger charge is 2.15. The molecule has 0 radical (unpaired) electrons. The van der Waals surface area contributed by atoms with Gasteiger partial charge < -0.3 is 10.4 Å². The largest absolute Gasteiger partial charge is 0.392 e. The van der Waals surface area contributed by atoms with Crippen LogP contribution in [0.2, 0.25) is 5.02 Å². The zero-order chi connectivity index (χ0) is 15.4. The van der Waals surface area contributed by atoms with Crippen molar-refractivity contribution < 1.29 is 14.8 Å². The van der Waals surface area contributed by atoms with Gasteiger partial charge in [-0.2, -0.15) is 0 Å². The number of hydrogen-bond donors (Lipinski definition) is 2. The van der Waals surface area contributed by atoms with Crippen molar-refractivity contribution in [2.45, 2.75) is 6.61 Å². The summed E-state index contributed by atoms with van der Waals surface area (Å²) in [6.45, 7) is -0.132. The van der Waals surface area contributed by atoms with Gasteiger partial charge in [0.2, 0.25) is 0 Å². The van der Waals surface area contributed by atoms with Crippen LogP contribution < -0.4 is 5.32 Å². The number of carbonyl (C=O) groups is 1. The number of nitrogens with one attached hydrogen (secondary N) is 1. The summed E-state index contributed by atoms with van der Waals surface area (Å²) in [7, 11) is 0. The van der Waals surface area contributed by atoms with Crippen LogP contribution in [0.3, 0.4) is 0 Å². The van der Waals surface area contributed by atoms with Crippen LogP contribution in [0, 0.1) is 10.1 Å². The van der Waals surface area contributed by atoms with Crippen molar-refractivity contribution in [3.8, 4) is 0 Å². The normalized spacial score (nSPS) is 10.2. The number of hydrogen-bond acceptors (Lipinski definition) is 4. The second-order valence-electron chi connectivity index (χ2n) is 4.24. The summed E-state index contributed by atoms with van der Waals surface area (Å²) in [4.78, 5) is 22.1. The highest BCUT2D eigenvalue weighted by Crippen LogP contribution is 2.25. The number of halogens is 1. The van der Waals surface area contributed by atoms with Crippen LogP contribution in [0.1, 0.15) is 15.9 Å². The molecule has 0 aliphatic heterocycles. The Labute approximate surface area is 125 Å². The quantitative estimate of drug-likeness (QED) is 0.671. The number of nitro groups is 1. The summed E-state index contributed by atoms with van der Waals surface area (Å²) in [5.74, 6) is -0.443. The van der Waals surface area contributed by atoms with Gasteiger partial charge in [-0.15, -0.1) is 0 Å². The van der Waals surface area contributed by atoms with Crippen molar-refractivity contribution in [2.75, 3.05) is 5.32 Å². The molecule has 0 fully saturated rings. The summed E-state index contributed by atoms with van der Waals surface area (Å²) in [5.41, 5.74) is 1.13. The molecule has 0 spiro atoms. The van der Waals surface area contributed by atoms with Gasteiger partial charge in [-0.05, 0) is 29.8 Å².